The van der Waals surface area contributed by atoms with Crippen LogP contribution in [0.1, 0.15) is 53.0 Å². The molecule has 31 heavy (non-hydrogen) atoms. The molecular weight excluding hydrogens is 404 g/mol. The molecule has 1 saturated heterocycles. The quantitative estimate of drug-likeness (QED) is 0.602. The fourth-order valence-electron chi connectivity index (χ4n) is 5.45. The van der Waals surface area contributed by atoms with E-state index >= 15 is 0 Å². The molecule has 0 spiro atoms. The Morgan fingerprint density at radius 3 is 2.48 bits per heavy atom. The third-order valence-electron chi connectivity index (χ3n) is 7.02. The molecule has 0 bridgehead atoms. The number of thiazole rings is 1. The van der Waals surface area contributed by atoms with Crippen molar-refractivity contribution >= 4 is 17.2 Å². The van der Waals surface area contributed by atoms with Crippen LogP contribution in [-0.4, -0.2) is 33.5 Å². The number of nitrogens with zero attached hydrogens (tertiary/aromatic N) is 2. The summed E-state index contributed by atoms with van der Waals surface area (Å²) in [7, 11) is 0. The van der Waals surface area contributed by atoms with Crippen molar-refractivity contribution in [3.63, 3.8) is 0 Å². The monoisotopic (exact) mass is 432 g/mol. The molecule has 2 heterocycles. The van der Waals surface area contributed by atoms with Gasteiger partial charge in [0.25, 0.3) is 5.91 Å². The molecule has 1 N–H and O–H groups in total. The lowest BCUT2D eigenvalue weighted by molar-refractivity contribution is -0.110. The van der Waals surface area contributed by atoms with Gasteiger partial charge in [-0.1, -0.05) is 73.5 Å². The zero-order chi connectivity index (χ0) is 21.4. The molecule has 1 unspecified atom stereocenters. The second-order valence-electron chi connectivity index (χ2n) is 8.80. The van der Waals surface area contributed by atoms with Gasteiger partial charge >= 0.3 is 0 Å². The molecule has 3 aromatic rings. The maximum absolute atomic E-state index is 13.7. The zero-order valence-electron chi connectivity index (χ0n) is 17.8. The van der Waals surface area contributed by atoms with Crippen LogP contribution in [0.25, 0.3) is 10.6 Å². The number of benzene rings is 2. The molecule has 1 amide bonds. The van der Waals surface area contributed by atoms with Gasteiger partial charge in [-0.15, -0.1) is 11.3 Å². The fraction of sp³-hybridized carbons (Fsp3) is 0.385. The van der Waals surface area contributed by atoms with Crippen LogP contribution in [0.3, 0.4) is 0 Å². The number of carbonyl (C=O) groups is 1. The van der Waals surface area contributed by atoms with Gasteiger partial charge < -0.3 is 10.0 Å². The second kappa shape index (κ2) is 8.21. The van der Waals surface area contributed by atoms with Crippen LogP contribution in [0.4, 0.5) is 0 Å². The predicted molar refractivity (Wildman–Crippen MR) is 124 cm³/mol. The number of hydrogen-bond donors (Lipinski definition) is 1. The first-order valence-corrected chi connectivity index (χ1v) is 12.0. The Morgan fingerprint density at radius 2 is 1.74 bits per heavy atom. The molecule has 5 rings (SSSR count). The number of fused-ring (bicyclic) bond motifs is 1. The first kappa shape index (κ1) is 20.4. The number of piperidine rings is 1. The smallest absolute Gasteiger partial charge is 0.266 e. The van der Waals surface area contributed by atoms with E-state index in [1.165, 1.54) is 11.3 Å². The van der Waals surface area contributed by atoms with Gasteiger partial charge in [0.05, 0.1) is 11.3 Å². The van der Waals surface area contributed by atoms with Crippen LogP contribution in [0.5, 0.6) is 0 Å². The Labute approximate surface area is 187 Å². The third kappa shape index (κ3) is 3.60. The van der Waals surface area contributed by atoms with Crippen molar-refractivity contribution in [2.75, 3.05) is 6.54 Å². The van der Waals surface area contributed by atoms with Crippen molar-refractivity contribution in [3.8, 4) is 10.6 Å². The summed E-state index contributed by atoms with van der Waals surface area (Å²) in [6.07, 6.45) is 4.70. The number of likely N-dealkylation sites (tertiary alicyclic amines) is 1. The SMILES string of the molecule is Cc1nc(-c2ccccc2)sc1C(=O)N1CCC(O)(c2ccccc2)[C@@H]2CCCC[C@@H]21. The lowest BCUT2D eigenvalue weighted by atomic mass is 9.66. The average molecular weight is 433 g/mol. The van der Waals surface area contributed by atoms with Gasteiger partial charge in [0, 0.05) is 24.1 Å². The summed E-state index contributed by atoms with van der Waals surface area (Å²) < 4.78 is 0. The molecule has 1 saturated carbocycles. The van der Waals surface area contributed by atoms with E-state index in [1.54, 1.807) is 0 Å². The lowest BCUT2D eigenvalue weighted by Gasteiger charge is -2.52. The Balaban J connectivity index is 1.45. The first-order chi connectivity index (χ1) is 15.1. The van der Waals surface area contributed by atoms with E-state index in [1.807, 2.05) is 72.5 Å². The van der Waals surface area contributed by atoms with E-state index in [-0.39, 0.29) is 17.9 Å². The molecule has 5 heteroatoms. The van der Waals surface area contributed by atoms with Crippen LogP contribution >= 0.6 is 11.3 Å². The lowest BCUT2D eigenvalue weighted by Crippen LogP contribution is -2.58. The van der Waals surface area contributed by atoms with Gasteiger partial charge in [0.1, 0.15) is 9.88 Å². The molecule has 1 aliphatic carbocycles. The normalized spacial score (nSPS) is 25.8. The highest BCUT2D eigenvalue weighted by molar-refractivity contribution is 7.17. The van der Waals surface area contributed by atoms with Gasteiger partial charge in [-0.25, -0.2) is 4.98 Å². The highest BCUT2D eigenvalue weighted by atomic mass is 32.1. The number of hydrogen-bond acceptors (Lipinski definition) is 4. The summed E-state index contributed by atoms with van der Waals surface area (Å²) >= 11 is 1.49. The molecule has 2 fully saturated rings. The van der Waals surface area contributed by atoms with Crippen LogP contribution in [0.15, 0.2) is 60.7 Å². The maximum atomic E-state index is 13.7. The number of amides is 1. The Kier molecular flexibility index (Phi) is 5.40. The summed E-state index contributed by atoms with van der Waals surface area (Å²) in [4.78, 5) is 21.1. The minimum absolute atomic E-state index is 0.0712. The van der Waals surface area contributed by atoms with E-state index in [0.29, 0.717) is 13.0 Å². The number of carbonyl (C=O) groups excluding carboxylic acids is 1. The van der Waals surface area contributed by atoms with E-state index in [9.17, 15) is 9.90 Å². The first-order valence-electron chi connectivity index (χ1n) is 11.2. The molecule has 3 atom stereocenters. The van der Waals surface area contributed by atoms with Gasteiger partial charge in [0.2, 0.25) is 0 Å². The highest BCUT2D eigenvalue weighted by Crippen LogP contribution is 2.47. The van der Waals surface area contributed by atoms with Gasteiger partial charge in [-0.05, 0) is 31.7 Å². The molecule has 1 aliphatic heterocycles. The Hall–Kier alpha value is -2.50. The van der Waals surface area contributed by atoms with E-state index in [4.69, 9.17) is 4.98 Å². The topological polar surface area (TPSA) is 53.4 Å². The summed E-state index contributed by atoms with van der Waals surface area (Å²) in [5.74, 6) is 0.146. The van der Waals surface area contributed by atoms with Gasteiger partial charge in [-0.2, -0.15) is 0 Å². The molecule has 1 aromatic heterocycles. The molecular formula is C26H28N2O2S. The van der Waals surface area contributed by atoms with Crippen molar-refractivity contribution in [1.82, 2.24) is 9.88 Å². The standard InChI is InChI=1S/C26H28N2O2S/c1-18-23(31-24(27-18)19-10-4-2-5-11-19)25(29)28-17-16-26(30,20-12-6-3-7-13-20)21-14-8-9-15-22(21)28/h2-7,10-13,21-22,30H,8-9,14-17H2,1H3/t21-,22+,26?/m1/s1. The zero-order valence-corrected chi connectivity index (χ0v) is 18.6. The van der Waals surface area contributed by atoms with Crippen molar-refractivity contribution in [1.29, 1.82) is 0 Å². The number of aliphatic hydroxyl groups is 1. The summed E-state index contributed by atoms with van der Waals surface area (Å²) in [5, 5.41) is 12.7. The molecule has 0 radical (unpaired) electrons. The molecule has 2 aromatic carbocycles. The number of aromatic nitrogens is 1. The minimum atomic E-state index is -0.860. The average Bonchev–Trinajstić information content (AvgIpc) is 3.22. The fourth-order valence-corrected chi connectivity index (χ4v) is 6.48. The minimum Gasteiger partial charge on any atom is -0.385 e. The van der Waals surface area contributed by atoms with Crippen LogP contribution in [-0.2, 0) is 5.60 Å². The maximum Gasteiger partial charge on any atom is 0.266 e. The van der Waals surface area contributed by atoms with Crippen LogP contribution in [0.2, 0.25) is 0 Å². The van der Waals surface area contributed by atoms with Crippen molar-refractivity contribution in [3.05, 3.63) is 76.8 Å². The van der Waals surface area contributed by atoms with Crippen molar-refractivity contribution < 1.29 is 9.90 Å². The number of rotatable bonds is 3. The number of aryl methyl sites for hydroxylation is 1. The molecule has 4 nitrogen and oxygen atoms in total. The van der Waals surface area contributed by atoms with Crippen molar-refractivity contribution in [2.24, 2.45) is 5.92 Å². The third-order valence-corrected chi connectivity index (χ3v) is 8.22. The van der Waals surface area contributed by atoms with E-state index < -0.39 is 5.60 Å². The molecule has 2 aliphatic rings. The second-order valence-corrected chi connectivity index (χ2v) is 9.80. The van der Waals surface area contributed by atoms with E-state index in [0.717, 1.165) is 52.4 Å². The van der Waals surface area contributed by atoms with Crippen LogP contribution < -0.4 is 0 Å². The highest BCUT2D eigenvalue weighted by Gasteiger charge is 2.50. The predicted octanol–water partition coefficient (Wildman–Crippen LogP) is 5.41. The van der Waals surface area contributed by atoms with Gasteiger partial charge in [-0.3, -0.25) is 4.79 Å². The summed E-state index contributed by atoms with van der Waals surface area (Å²) in [5.41, 5.74) is 1.97. The summed E-state index contributed by atoms with van der Waals surface area (Å²) in [6.45, 7) is 2.50. The van der Waals surface area contributed by atoms with Gasteiger partial charge in [0.15, 0.2) is 0 Å². The van der Waals surface area contributed by atoms with E-state index in [2.05, 4.69) is 0 Å². The Morgan fingerprint density at radius 1 is 1.06 bits per heavy atom. The summed E-state index contributed by atoms with van der Waals surface area (Å²) in [6, 6.07) is 20.1. The largest absolute Gasteiger partial charge is 0.385 e. The molecule has 160 valence electrons. The van der Waals surface area contributed by atoms with Crippen molar-refractivity contribution in [2.45, 2.75) is 50.7 Å². The van der Waals surface area contributed by atoms with Crippen LogP contribution in [0, 0.1) is 12.8 Å². The Bertz CT molecular complexity index is 1070.